The first-order valence-corrected chi connectivity index (χ1v) is 16.4. The number of benzene rings is 2. The molecule has 0 saturated carbocycles. The average Bonchev–Trinajstić information content (AvgIpc) is 3.32. The molecule has 0 bridgehead atoms. The number of nitrogens with one attached hydrogen (secondary N) is 3. The minimum absolute atomic E-state index is 0.117. The second-order valence-corrected chi connectivity index (χ2v) is 13.0. The predicted octanol–water partition coefficient (Wildman–Crippen LogP) is 4.81. The molecule has 40 heavy (non-hydrogen) atoms. The molecule has 10 heteroatoms. The molecule has 0 atom stereocenters. The Morgan fingerprint density at radius 2 is 1.75 bits per heavy atom. The standard InChI is InChI=1S/C30H38N4O4S2/c1-21-24(25-8-5-10-28(22(25)2)38-15-6-11-31-13-16-40(3,36)37)7-4-9-26(21)34-27-20-39-29-17-23(18-32-12-14-35)19-33-30(27)29/h4-5,7-10,17,19-20,31-32,34-35H,6,11-16,18H2,1-3H3. The molecule has 0 unspecified atom stereocenters. The van der Waals surface area contributed by atoms with Crippen molar-refractivity contribution in [2.45, 2.75) is 26.8 Å². The van der Waals surface area contributed by atoms with Crippen LogP contribution in [-0.4, -0.2) is 63.4 Å². The van der Waals surface area contributed by atoms with Crippen LogP contribution >= 0.6 is 11.3 Å². The zero-order valence-corrected chi connectivity index (χ0v) is 24.9. The zero-order valence-electron chi connectivity index (χ0n) is 23.3. The quantitative estimate of drug-likeness (QED) is 0.148. The topological polar surface area (TPSA) is 113 Å². The molecule has 214 valence electrons. The maximum Gasteiger partial charge on any atom is 0.148 e. The van der Waals surface area contributed by atoms with Gasteiger partial charge in [-0.2, -0.15) is 0 Å². The lowest BCUT2D eigenvalue weighted by molar-refractivity contribution is 0.292. The Morgan fingerprint density at radius 1 is 0.975 bits per heavy atom. The second-order valence-electron chi connectivity index (χ2n) is 9.85. The van der Waals surface area contributed by atoms with E-state index in [1.165, 1.54) is 6.26 Å². The van der Waals surface area contributed by atoms with Gasteiger partial charge in [-0.15, -0.1) is 11.3 Å². The fourth-order valence-electron chi connectivity index (χ4n) is 4.48. The van der Waals surface area contributed by atoms with Crippen molar-refractivity contribution >= 4 is 42.8 Å². The first kappa shape index (κ1) is 30.0. The summed E-state index contributed by atoms with van der Waals surface area (Å²) in [7, 11) is -2.94. The largest absolute Gasteiger partial charge is 0.493 e. The van der Waals surface area contributed by atoms with E-state index in [0.29, 0.717) is 32.8 Å². The Kier molecular flexibility index (Phi) is 10.5. The monoisotopic (exact) mass is 582 g/mol. The summed E-state index contributed by atoms with van der Waals surface area (Å²) in [6, 6.07) is 14.6. The van der Waals surface area contributed by atoms with E-state index in [0.717, 1.165) is 61.6 Å². The molecule has 0 aliphatic heterocycles. The highest BCUT2D eigenvalue weighted by Crippen LogP contribution is 2.37. The summed E-state index contributed by atoms with van der Waals surface area (Å²) in [6.45, 7) is 7.27. The van der Waals surface area contributed by atoms with Gasteiger partial charge in [-0.25, -0.2) is 8.42 Å². The molecule has 0 aliphatic carbocycles. The average molecular weight is 583 g/mol. The van der Waals surface area contributed by atoms with Crippen molar-refractivity contribution in [3.05, 3.63) is 70.7 Å². The second kappa shape index (κ2) is 14.0. The molecule has 4 N–H and O–H groups in total. The Bertz CT molecular complexity index is 1540. The molecular formula is C30H38N4O4S2. The van der Waals surface area contributed by atoms with Gasteiger partial charge in [-0.05, 0) is 72.8 Å². The normalized spacial score (nSPS) is 11.7. The Morgan fingerprint density at radius 3 is 2.52 bits per heavy atom. The van der Waals surface area contributed by atoms with Crippen LogP contribution < -0.4 is 20.7 Å². The number of hydrogen-bond donors (Lipinski definition) is 4. The lowest BCUT2D eigenvalue weighted by Gasteiger charge is -2.17. The number of hydrogen-bond acceptors (Lipinski definition) is 9. The molecule has 4 aromatic rings. The fourth-order valence-corrected chi connectivity index (χ4v) is 5.91. The lowest BCUT2D eigenvalue weighted by Crippen LogP contribution is -2.24. The summed E-state index contributed by atoms with van der Waals surface area (Å²) < 4.78 is 29.7. The number of thiophene rings is 1. The molecule has 2 aromatic carbocycles. The van der Waals surface area contributed by atoms with Crippen molar-refractivity contribution in [3.63, 3.8) is 0 Å². The molecule has 0 spiro atoms. The van der Waals surface area contributed by atoms with Crippen LogP contribution in [0.4, 0.5) is 11.4 Å². The van der Waals surface area contributed by atoms with Gasteiger partial charge >= 0.3 is 0 Å². The molecule has 0 amide bonds. The minimum Gasteiger partial charge on any atom is -0.493 e. The number of fused-ring (bicyclic) bond motifs is 1. The molecule has 2 heterocycles. The zero-order chi connectivity index (χ0) is 28.5. The van der Waals surface area contributed by atoms with Gasteiger partial charge in [-0.1, -0.05) is 24.3 Å². The van der Waals surface area contributed by atoms with Crippen LogP contribution in [0.5, 0.6) is 5.75 Å². The van der Waals surface area contributed by atoms with Crippen LogP contribution in [0.2, 0.25) is 0 Å². The highest BCUT2D eigenvalue weighted by Gasteiger charge is 2.14. The summed E-state index contributed by atoms with van der Waals surface area (Å²) in [5.41, 5.74) is 8.53. The van der Waals surface area contributed by atoms with Crippen LogP contribution in [0.1, 0.15) is 23.1 Å². The van der Waals surface area contributed by atoms with E-state index < -0.39 is 9.84 Å². The van der Waals surface area contributed by atoms with E-state index >= 15 is 0 Å². The first-order chi connectivity index (χ1) is 19.3. The van der Waals surface area contributed by atoms with Gasteiger partial charge in [-0.3, -0.25) is 4.98 Å². The molecular weight excluding hydrogens is 544 g/mol. The summed E-state index contributed by atoms with van der Waals surface area (Å²) in [5, 5.41) is 21.0. The van der Waals surface area contributed by atoms with Gasteiger partial charge in [0.2, 0.25) is 0 Å². The van der Waals surface area contributed by atoms with Crippen molar-refractivity contribution in [2.24, 2.45) is 0 Å². The van der Waals surface area contributed by atoms with Crippen molar-refractivity contribution in [1.82, 2.24) is 15.6 Å². The van der Waals surface area contributed by atoms with Gasteiger partial charge in [0, 0.05) is 43.2 Å². The van der Waals surface area contributed by atoms with Crippen molar-refractivity contribution in [3.8, 4) is 16.9 Å². The van der Waals surface area contributed by atoms with Gasteiger partial charge < -0.3 is 25.8 Å². The van der Waals surface area contributed by atoms with Crippen LogP contribution in [-0.2, 0) is 16.4 Å². The van der Waals surface area contributed by atoms with Crippen LogP contribution in [0.15, 0.2) is 54.0 Å². The maximum atomic E-state index is 11.2. The van der Waals surface area contributed by atoms with Gasteiger partial charge in [0.1, 0.15) is 21.1 Å². The number of pyridine rings is 1. The minimum atomic E-state index is -2.94. The van der Waals surface area contributed by atoms with Crippen LogP contribution in [0.3, 0.4) is 0 Å². The van der Waals surface area contributed by atoms with Crippen molar-refractivity contribution < 1.29 is 18.3 Å². The SMILES string of the molecule is Cc1c(Nc2csc3cc(CNCCO)cnc23)cccc1-c1cccc(OCCCNCCS(C)(=O)=O)c1C. The summed E-state index contributed by atoms with van der Waals surface area (Å²) in [5.74, 6) is 0.996. The highest BCUT2D eigenvalue weighted by atomic mass is 32.2. The number of anilines is 2. The number of aromatic nitrogens is 1. The third kappa shape index (κ3) is 8.02. The van der Waals surface area contributed by atoms with E-state index in [9.17, 15) is 8.42 Å². The number of aliphatic hydroxyl groups is 1. The van der Waals surface area contributed by atoms with Crippen molar-refractivity contribution in [1.29, 1.82) is 0 Å². The van der Waals surface area contributed by atoms with E-state index in [1.807, 2.05) is 18.3 Å². The van der Waals surface area contributed by atoms with Gasteiger partial charge in [0.25, 0.3) is 0 Å². The molecule has 4 rings (SSSR count). The molecule has 0 aliphatic rings. The van der Waals surface area contributed by atoms with E-state index in [-0.39, 0.29) is 12.4 Å². The highest BCUT2D eigenvalue weighted by molar-refractivity contribution is 7.90. The number of rotatable bonds is 15. The summed E-state index contributed by atoms with van der Waals surface area (Å²) in [4.78, 5) is 4.71. The van der Waals surface area contributed by atoms with E-state index in [2.05, 4.69) is 65.5 Å². The van der Waals surface area contributed by atoms with Crippen LogP contribution in [0.25, 0.3) is 21.3 Å². The molecule has 0 radical (unpaired) electrons. The van der Waals surface area contributed by atoms with Crippen LogP contribution in [0, 0.1) is 13.8 Å². The third-order valence-electron chi connectivity index (χ3n) is 6.67. The third-order valence-corrected chi connectivity index (χ3v) is 8.53. The maximum absolute atomic E-state index is 11.2. The first-order valence-electron chi connectivity index (χ1n) is 13.4. The van der Waals surface area contributed by atoms with E-state index in [4.69, 9.17) is 14.8 Å². The number of sulfone groups is 1. The number of nitrogens with zero attached hydrogens (tertiary/aromatic N) is 1. The Hall–Kier alpha value is -3.02. The molecule has 2 aromatic heterocycles. The van der Waals surface area contributed by atoms with Crippen molar-refractivity contribution in [2.75, 3.05) is 50.2 Å². The summed E-state index contributed by atoms with van der Waals surface area (Å²) >= 11 is 1.66. The number of aliphatic hydroxyl groups excluding tert-OH is 1. The lowest BCUT2D eigenvalue weighted by atomic mass is 9.95. The van der Waals surface area contributed by atoms with Gasteiger partial charge in [0.15, 0.2) is 0 Å². The Balaban J connectivity index is 1.43. The number of ether oxygens (including phenoxy) is 1. The Labute approximate surface area is 240 Å². The summed E-state index contributed by atoms with van der Waals surface area (Å²) in [6.07, 6.45) is 3.92. The smallest absolute Gasteiger partial charge is 0.148 e. The molecule has 0 saturated heterocycles. The van der Waals surface area contributed by atoms with E-state index in [1.54, 1.807) is 11.3 Å². The van der Waals surface area contributed by atoms with Gasteiger partial charge in [0.05, 0.1) is 29.4 Å². The molecule has 8 nitrogen and oxygen atoms in total. The fraction of sp³-hybridized carbons (Fsp3) is 0.367. The predicted molar refractivity (Wildman–Crippen MR) is 166 cm³/mol. The molecule has 0 fully saturated rings.